The number of alkyl halides is 3. The van der Waals surface area contributed by atoms with Crippen LogP contribution in [-0.4, -0.2) is 29.6 Å². The molecular formula is C10H9BrF3NO2. The average molecular weight is 312 g/mol. The second kappa shape index (κ2) is 4.36. The minimum Gasteiger partial charge on any atom is -0.444 e. The van der Waals surface area contributed by atoms with Gasteiger partial charge < -0.3 is 9.32 Å². The fourth-order valence-electron chi connectivity index (χ4n) is 1.52. The summed E-state index contributed by atoms with van der Waals surface area (Å²) in [6.07, 6.45) is -3.16. The smallest absolute Gasteiger partial charge is 0.406 e. The van der Waals surface area contributed by atoms with Crippen LogP contribution in [0.1, 0.15) is 23.4 Å². The molecule has 2 rings (SSSR count). The molecule has 0 N–H and O–H groups in total. The number of hydrogen-bond donors (Lipinski definition) is 0. The van der Waals surface area contributed by atoms with Crippen LogP contribution in [0.15, 0.2) is 21.2 Å². The van der Waals surface area contributed by atoms with Gasteiger partial charge in [-0.1, -0.05) is 0 Å². The minimum absolute atomic E-state index is 0.0759. The van der Waals surface area contributed by atoms with Gasteiger partial charge in [-0.3, -0.25) is 4.79 Å². The maximum atomic E-state index is 12.3. The molecule has 0 spiro atoms. The van der Waals surface area contributed by atoms with Crippen LogP contribution in [-0.2, 0) is 0 Å². The highest BCUT2D eigenvalue weighted by Gasteiger charge is 2.41. The van der Waals surface area contributed by atoms with Crippen molar-refractivity contribution in [3.05, 3.63) is 22.6 Å². The van der Waals surface area contributed by atoms with Gasteiger partial charge in [-0.25, -0.2) is 0 Å². The summed E-state index contributed by atoms with van der Waals surface area (Å²) in [5, 5.41) is 0. The minimum atomic E-state index is -4.39. The molecular weight excluding hydrogens is 303 g/mol. The molecule has 0 bridgehead atoms. The van der Waals surface area contributed by atoms with Gasteiger partial charge in [0.25, 0.3) is 5.91 Å². The zero-order chi connectivity index (χ0) is 12.6. The molecule has 0 aromatic carbocycles. The van der Waals surface area contributed by atoms with Crippen LogP contribution < -0.4 is 0 Å². The summed E-state index contributed by atoms with van der Waals surface area (Å²) in [5.74, 6) is -0.788. The molecule has 0 atom stereocenters. The third kappa shape index (κ3) is 3.24. The van der Waals surface area contributed by atoms with Gasteiger partial charge in [0.05, 0.1) is 0 Å². The van der Waals surface area contributed by atoms with Crippen LogP contribution >= 0.6 is 15.9 Å². The van der Waals surface area contributed by atoms with E-state index in [2.05, 4.69) is 15.9 Å². The lowest BCUT2D eigenvalue weighted by Crippen LogP contribution is -2.40. The lowest BCUT2D eigenvalue weighted by Gasteiger charge is -2.22. The van der Waals surface area contributed by atoms with Crippen LogP contribution in [0, 0.1) is 0 Å². The molecule has 0 aliphatic heterocycles. The Balaban J connectivity index is 2.13. The van der Waals surface area contributed by atoms with Crippen molar-refractivity contribution in [2.24, 2.45) is 0 Å². The summed E-state index contributed by atoms with van der Waals surface area (Å²) in [6.45, 7) is -1.23. The van der Waals surface area contributed by atoms with Crippen LogP contribution in [0.3, 0.4) is 0 Å². The first-order valence-corrected chi connectivity index (χ1v) is 5.79. The van der Waals surface area contributed by atoms with Crippen LogP contribution in [0.4, 0.5) is 13.2 Å². The SMILES string of the molecule is O=C(c1ccc(Br)o1)N(CC(F)(F)F)C1CC1. The summed E-state index contributed by atoms with van der Waals surface area (Å²) in [4.78, 5) is 12.7. The van der Waals surface area contributed by atoms with E-state index in [0.717, 1.165) is 4.90 Å². The molecule has 0 saturated heterocycles. The number of carbonyl (C=O) groups excluding carboxylic acids is 1. The number of furan rings is 1. The maximum Gasteiger partial charge on any atom is 0.406 e. The summed E-state index contributed by atoms with van der Waals surface area (Å²) >= 11 is 3.00. The lowest BCUT2D eigenvalue weighted by atomic mass is 10.3. The van der Waals surface area contributed by atoms with Gasteiger partial charge in [0.15, 0.2) is 10.4 Å². The van der Waals surface area contributed by atoms with Crippen molar-refractivity contribution in [3.8, 4) is 0 Å². The van der Waals surface area contributed by atoms with E-state index >= 15 is 0 Å². The van der Waals surface area contributed by atoms with Gasteiger partial charge in [0, 0.05) is 6.04 Å². The van der Waals surface area contributed by atoms with Crippen LogP contribution in [0.25, 0.3) is 0 Å². The first-order valence-electron chi connectivity index (χ1n) is 5.00. The Morgan fingerprint density at radius 2 is 2.12 bits per heavy atom. The zero-order valence-electron chi connectivity index (χ0n) is 8.63. The van der Waals surface area contributed by atoms with Crippen molar-refractivity contribution in [1.82, 2.24) is 4.90 Å². The molecule has 1 fully saturated rings. The predicted molar refractivity (Wildman–Crippen MR) is 56.5 cm³/mol. The van der Waals surface area contributed by atoms with E-state index < -0.39 is 18.6 Å². The molecule has 1 aromatic rings. The van der Waals surface area contributed by atoms with Gasteiger partial charge in [-0.05, 0) is 40.9 Å². The average Bonchev–Trinajstić information content (AvgIpc) is 2.96. The Labute approximate surface area is 104 Å². The first kappa shape index (κ1) is 12.5. The molecule has 3 nitrogen and oxygen atoms in total. The van der Waals surface area contributed by atoms with Crippen LogP contribution in [0.2, 0.25) is 0 Å². The van der Waals surface area contributed by atoms with Crippen molar-refractivity contribution < 1.29 is 22.4 Å². The molecule has 1 aliphatic carbocycles. The van der Waals surface area contributed by atoms with E-state index in [0.29, 0.717) is 17.5 Å². The number of rotatable bonds is 3. The summed E-state index contributed by atoms with van der Waals surface area (Å²) in [6, 6.07) is 2.53. The summed E-state index contributed by atoms with van der Waals surface area (Å²) in [7, 11) is 0. The molecule has 7 heteroatoms. The highest BCUT2D eigenvalue weighted by Crippen LogP contribution is 2.31. The van der Waals surface area contributed by atoms with Gasteiger partial charge in [0.1, 0.15) is 6.54 Å². The van der Waals surface area contributed by atoms with Gasteiger partial charge in [-0.2, -0.15) is 13.2 Å². The highest BCUT2D eigenvalue weighted by molar-refractivity contribution is 9.10. The fourth-order valence-corrected chi connectivity index (χ4v) is 1.82. The number of hydrogen-bond acceptors (Lipinski definition) is 2. The Bertz CT molecular complexity index is 425. The summed E-state index contributed by atoms with van der Waals surface area (Å²) in [5.41, 5.74) is 0. The van der Waals surface area contributed by atoms with E-state index in [-0.39, 0.29) is 11.8 Å². The molecule has 1 aliphatic rings. The Hall–Kier alpha value is -0.980. The molecule has 1 aromatic heterocycles. The molecule has 1 saturated carbocycles. The number of carbonyl (C=O) groups is 1. The largest absolute Gasteiger partial charge is 0.444 e. The van der Waals surface area contributed by atoms with Gasteiger partial charge in [-0.15, -0.1) is 0 Å². The molecule has 0 radical (unpaired) electrons. The Morgan fingerprint density at radius 3 is 2.53 bits per heavy atom. The monoisotopic (exact) mass is 311 g/mol. The van der Waals surface area contributed by atoms with Crippen LogP contribution in [0.5, 0.6) is 0 Å². The van der Waals surface area contributed by atoms with Gasteiger partial charge >= 0.3 is 6.18 Å². The van der Waals surface area contributed by atoms with Crippen molar-refractivity contribution in [3.63, 3.8) is 0 Å². The molecule has 94 valence electrons. The topological polar surface area (TPSA) is 33.5 Å². The Morgan fingerprint density at radius 1 is 1.47 bits per heavy atom. The number of halogens is 4. The molecule has 0 unspecified atom stereocenters. The van der Waals surface area contributed by atoms with Crippen molar-refractivity contribution in [2.75, 3.05) is 6.54 Å². The number of nitrogens with zero attached hydrogens (tertiary/aromatic N) is 1. The van der Waals surface area contributed by atoms with E-state index in [1.54, 1.807) is 0 Å². The van der Waals surface area contributed by atoms with E-state index in [1.165, 1.54) is 12.1 Å². The normalized spacial score (nSPS) is 16.0. The third-order valence-corrected chi connectivity index (χ3v) is 2.81. The van der Waals surface area contributed by atoms with Crippen molar-refractivity contribution in [2.45, 2.75) is 25.1 Å². The zero-order valence-corrected chi connectivity index (χ0v) is 10.2. The third-order valence-electron chi connectivity index (χ3n) is 2.38. The van der Waals surface area contributed by atoms with E-state index in [4.69, 9.17) is 4.42 Å². The fraction of sp³-hybridized carbons (Fsp3) is 0.500. The first-order chi connectivity index (χ1) is 7.87. The van der Waals surface area contributed by atoms with Gasteiger partial charge in [0.2, 0.25) is 0 Å². The van der Waals surface area contributed by atoms with E-state index in [1.807, 2.05) is 0 Å². The standard InChI is InChI=1S/C10H9BrF3NO2/c11-8-4-3-7(17-8)9(16)15(6-1-2-6)5-10(12,13)14/h3-4,6H,1-2,5H2. The maximum absolute atomic E-state index is 12.3. The quantitative estimate of drug-likeness (QED) is 0.859. The molecule has 1 heterocycles. The second-order valence-electron chi connectivity index (χ2n) is 3.88. The predicted octanol–water partition coefficient (Wildman–Crippen LogP) is 3.21. The number of amides is 1. The highest BCUT2D eigenvalue weighted by atomic mass is 79.9. The van der Waals surface area contributed by atoms with Crippen molar-refractivity contribution in [1.29, 1.82) is 0 Å². The van der Waals surface area contributed by atoms with Crippen molar-refractivity contribution >= 4 is 21.8 Å². The lowest BCUT2D eigenvalue weighted by molar-refractivity contribution is -0.141. The second-order valence-corrected chi connectivity index (χ2v) is 4.66. The Kier molecular flexibility index (Phi) is 3.20. The van der Waals surface area contributed by atoms with E-state index in [9.17, 15) is 18.0 Å². The molecule has 17 heavy (non-hydrogen) atoms. The summed E-state index contributed by atoms with van der Waals surface area (Å²) < 4.78 is 42.3. The molecule has 1 amide bonds.